The highest BCUT2D eigenvalue weighted by Gasteiger charge is 2.32. The van der Waals surface area contributed by atoms with Crippen LogP contribution in [-0.4, -0.2) is 45.3 Å². The summed E-state index contributed by atoms with van der Waals surface area (Å²) in [6.45, 7) is 2.08. The highest BCUT2D eigenvalue weighted by atomic mass is 16.5. The topological polar surface area (TPSA) is 82.9 Å². The van der Waals surface area contributed by atoms with E-state index in [1.807, 2.05) is 42.5 Å². The highest BCUT2D eigenvalue weighted by molar-refractivity contribution is 5.71. The van der Waals surface area contributed by atoms with Gasteiger partial charge in [-0.05, 0) is 36.2 Å². The third-order valence-corrected chi connectivity index (χ3v) is 4.40. The van der Waals surface area contributed by atoms with Crippen molar-refractivity contribution in [1.82, 2.24) is 9.88 Å². The van der Waals surface area contributed by atoms with Crippen molar-refractivity contribution in [3.8, 4) is 5.75 Å². The minimum Gasteiger partial charge on any atom is -0.487 e. The molecule has 1 aliphatic rings. The molecule has 1 aliphatic heterocycles. The van der Waals surface area contributed by atoms with E-state index in [9.17, 15) is 15.0 Å². The molecule has 0 saturated carbocycles. The van der Waals surface area contributed by atoms with Crippen molar-refractivity contribution in [2.24, 2.45) is 5.92 Å². The van der Waals surface area contributed by atoms with Crippen molar-refractivity contribution in [3.05, 3.63) is 59.9 Å². The second kappa shape index (κ2) is 8.09. The first-order valence-corrected chi connectivity index (χ1v) is 8.36. The molecule has 0 aliphatic carbocycles. The maximum Gasteiger partial charge on any atom is 0.310 e. The minimum atomic E-state index is -0.940. The summed E-state index contributed by atoms with van der Waals surface area (Å²) in [5.41, 5.74) is 1.92. The lowest BCUT2D eigenvalue weighted by atomic mass is 9.94. The molecule has 6 heteroatoms. The number of carbonyl (C=O) groups is 1. The lowest BCUT2D eigenvalue weighted by Gasteiger charge is -2.34. The zero-order valence-corrected chi connectivity index (χ0v) is 13.9. The van der Waals surface area contributed by atoms with Crippen molar-refractivity contribution in [2.45, 2.75) is 25.7 Å². The fourth-order valence-corrected chi connectivity index (χ4v) is 3.03. The number of nitrogens with zero attached hydrogens (tertiary/aromatic N) is 2. The number of benzene rings is 1. The summed E-state index contributed by atoms with van der Waals surface area (Å²) >= 11 is 0. The summed E-state index contributed by atoms with van der Waals surface area (Å²) < 4.78 is 5.78. The molecule has 1 aromatic heterocycles. The fourth-order valence-electron chi connectivity index (χ4n) is 3.03. The van der Waals surface area contributed by atoms with Crippen LogP contribution in [0.25, 0.3) is 0 Å². The molecule has 25 heavy (non-hydrogen) atoms. The molecule has 0 amide bonds. The Hall–Kier alpha value is -2.44. The van der Waals surface area contributed by atoms with Crippen molar-refractivity contribution in [2.75, 3.05) is 13.1 Å². The van der Waals surface area contributed by atoms with Gasteiger partial charge in [0, 0.05) is 25.8 Å². The summed E-state index contributed by atoms with van der Waals surface area (Å²) in [5, 5.41) is 19.0. The van der Waals surface area contributed by atoms with Crippen LogP contribution in [0.1, 0.15) is 17.7 Å². The normalized spacial score (nSPS) is 21.0. The first-order valence-electron chi connectivity index (χ1n) is 8.36. The third-order valence-electron chi connectivity index (χ3n) is 4.40. The number of carboxylic acids is 1. The van der Waals surface area contributed by atoms with Crippen LogP contribution in [0.5, 0.6) is 5.75 Å². The molecule has 0 bridgehead atoms. The molecule has 2 N–H and O–H groups in total. The minimum absolute atomic E-state index is 0.357. The summed E-state index contributed by atoms with van der Waals surface area (Å²) in [4.78, 5) is 17.5. The van der Waals surface area contributed by atoms with Gasteiger partial charge in [0.05, 0.1) is 17.7 Å². The Morgan fingerprint density at radius 2 is 2.16 bits per heavy atom. The molecule has 2 atom stereocenters. The molecule has 0 radical (unpaired) electrons. The number of pyridine rings is 1. The average molecular weight is 342 g/mol. The Kier molecular flexibility index (Phi) is 5.63. The number of aromatic nitrogens is 1. The van der Waals surface area contributed by atoms with E-state index in [0.29, 0.717) is 32.7 Å². The van der Waals surface area contributed by atoms with Crippen molar-refractivity contribution < 1.29 is 19.7 Å². The van der Waals surface area contributed by atoms with Gasteiger partial charge >= 0.3 is 5.97 Å². The van der Waals surface area contributed by atoms with E-state index in [-0.39, 0.29) is 0 Å². The Morgan fingerprint density at radius 1 is 1.28 bits per heavy atom. The number of carboxylic acid groups (broad SMARTS) is 1. The van der Waals surface area contributed by atoms with Crippen LogP contribution in [0.4, 0.5) is 0 Å². The van der Waals surface area contributed by atoms with Gasteiger partial charge in [0.25, 0.3) is 0 Å². The molecular formula is C19H22N2O4. The number of aliphatic hydroxyl groups is 1. The first kappa shape index (κ1) is 17.4. The Bertz CT molecular complexity index is 708. The van der Waals surface area contributed by atoms with Crippen LogP contribution in [0, 0.1) is 5.92 Å². The number of rotatable bonds is 6. The lowest BCUT2D eigenvalue weighted by Crippen LogP contribution is -2.46. The van der Waals surface area contributed by atoms with Crippen LogP contribution in [0.3, 0.4) is 0 Å². The summed E-state index contributed by atoms with van der Waals surface area (Å²) in [6, 6.07) is 13.5. The predicted octanol–water partition coefficient (Wildman–Crippen LogP) is 1.93. The number of likely N-dealkylation sites (tertiary alicyclic amines) is 1. The van der Waals surface area contributed by atoms with Crippen molar-refractivity contribution in [3.63, 3.8) is 0 Å². The first-order chi connectivity index (χ1) is 12.1. The quantitative estimate of drug-likeness (QED) is 0.835. The monoisotopic (exact) mass is 342 g/mol. The number of hydrogen-bond acceptors (Lipinski definition) is 5. The zero-order chi connectivity index (χ0) is 17.6. The number of aliphatic carboxylic acids is 1. The van der Waals surface area contributed by atoms with Gasteiger partial charge in [-0.2, -0.15) is 0 Å². The molecule has 0 unspecified atom stereocenters. The predicted molar refractivity (Wildman–Crippen MR) is 92.0 cm³/mol. The Morgan fingerprint density at radius 3 is 2.92 bits per heavy atom. The van der Waals surface area contributed by atoms with E-state index in [1.54, 1.807) is 6.20 Å². The number of aliphatic hydroxyl groups excluding tert-OH is 1. The van der Waals surface area contributed by atoms with Crippen LogP contribution in [-0.2, 0) is 17.9 Å². The maximum atomic E-state index is 11.2. The highest BCUT2D eigenvalue weighted by Crippen LogP contribution is 2.21. The van der Waals surface area contributed by atoms with Gasteiger partial charge in [-0.25, -0.2) is 0 Å². The average Bonchev–Trinajstić information content (AvgIpc) is 2.63. The van der Waals surface area contributed by atoms with Gasteiger partial charge in [-0.3, -0.25) is 14.7 Å². The molecular weight excluding hydrogens is 320 g/mol. The molecule has 2 heterocycles. The molecule has 0 spiro atoms. The SMILES string of the molecule is O=C(O)[C@@H]1CN(Cc2cccc(OCc3ccccn3)c2)CC[C@@H]1O. The molecule has 2 aromatic rings. The van der Waals surface area contributed by atoms with E-state index >= 15 is 0 Å². The molecule has 1 aromatic carbocycles. The van der Waals surface area contributed by atoms with Gasteiger partial charge < -0.3 is 14.9 Å². The van der Waals surface area contributed by atoms with E-state index in [1.165, 1.54) is 0 Å². The standard InChI is InChI=1S/C19H22N2O4/c22-18-7-9-21(12-17(18)19(23)24)11-14-4-3-6-16(10-14)25-13-15-5-1-2-8-20-15/h1-6,8,10,17-18,22H,7,9,11-13H2,(H,23,24)/t17-,18+/m1/s1. The van der Waals surface area contributed by atoms with E-state index in [4.69, 9.17) is 4.74 Å². The molecule has 132 valence electrons. The van der Waals surface area contributed by atoms with Crippen LogP contribution < -0.4 is 4.74 Å². The molecule has 3 rings (SSSR count). The van der Waals surface area contributed by atoms with Gasteiger partial charge in [-0.15, -0.1) is 0 Å². The Labute approximate surface area is 146 Å². The van der Waals surface area contributed by atoms with Crippen LogP contribution in [0.15, 0.2) is 48.7 Å². The third kappa shape index (κ3) is 4.78. The van der Waals surface area contributed by atoms with Crippen molar-refractivity contribution >= 4 is 5.97 Å². The number of ether oxygens (including phenoxy) is 1. The molecule has 6 nitrogen and oxygen atoms in total. The van der Waals surface area contributed by atoms with Crippen LogP contribution in [0.2, 0.25) is 0 Å². The van der Waals surface area contributed by atoms with Gasteiger partial charge in [0.1, 0.15) is 12.4 Å². The van der Waals surface area contributed by atoms with E-state index in [2.05, 4.69) is 9.88 Å². The Balaban J connectivity index is 1.59. The fraction of sp³-hybridized carbons (Fsp3) is 0.368. The number of piperidine rings is 1. The maximum absolute atomic E-state index is 11.2. The smallest absolute Gasteiger partial charge is 0.310 e. The molecule has 1 saturated heterocycles. The van der Waals surface area contributed by atoms with Crippen molar-refractivity contribution in [1.29, 1.82) is 0 Å². The van der Waals surface area contributed by atoms with E-state index < -0.39 is 18.0 Å². The van der Waals surface area contributed by atoms with Gasteiger partial charge in [-0.1, -0.05) is 18.2 Å². The second-order valence-corrected chi connectivity index (χ2v) is 6.29. The van der Waals surface area contributed by atoms with E-state index in [0.717, 1.165) is 17.0 Å². The van der Waals surface area contributed by atoms with Gasteiger partial charge in [0.2, 0.25) is 0 Å². The second-order valence-electron chi connectivity index (χ2n) is 6.29. The molecule has 1 fully saturated rings. The van der Waals surface area contributed by atoms with Gasteiger partial charge in [0.15, 0.2) is 0 Å². The van der Waals surface area contributed by atoms with Crippen LogP contribution >= 0.6 is 0 Å². The summed E-state index contributed by atoms with van der Waals surface area (Å²) in [6.07, 6.45) is 1.45. The lowest BCUT2D eigenvalue weighted by molar-refractivity contribution is -0.149. The number of hydrogen-bond donors (Lipinski definition) is 2. The summed E-state index contributed by atoms with van der Waals surface area (Å²) in [7, 11) is 0. The largest absolute Gasteiger partial charge is 0.487 e. The zero-order valence-electron chi connectivity index (χ0n) is 13.9. The summed E-state index contributed by atoms with van der Waals surface area (Å²) in [5.74, 6) is -0.906.